The Bertz CT molecular complexity index is 495. The van der Waals surface area contributed by atoms with Gasteiger partial charge in [0.1, 0.15) is 5.60 Å². The SMILES string of the molecule is CC(C)(C)OC(=O)CSc1cc(C(N)=O)ccc1N. The monoisotopic (exact) mass is 282 g/mol. The highest BCUT2D eigenvalue weighted by Crippen LogP contribution is 2.26. The van der Waals surface area contributed by atoms with E-state index in [0.29, 0.717) is 16.1 Å². The summed E-state index contributed by atoms with van der Waals surface area (Å²) in [7, 11) is 0. The molecule has 0 saturated heterocycles. The van der Waals surface area contributed by atoms with Crippen molar-refractivity contribution in [3.63, 3.8) is 0 Å². The molecule has 1 aromatic carbocycles. The van der Waals surface area contributed by atoms with E-state index in [9.17, 15) is 9.59 Å². The largest absolute Gasteiger partial charge is 0.459 e. The van der Waals surface area contributed by atoms with Crippen LogP contribution in [0, 0.1) is 0 Å². The number of hydrogen-bond acceptors (Lipinski definition) is 5. The van der Waals surface area contributed by atoms with E-state index in [4.69, 9.17) is 16.2 Å². The second kappa shape index (κ2) is 5.97. The fourth-order valence-corrected chi connectivity index (χ4v) is 2.10. The van der Waals surface area contributed by atoms with Gasteiger partial charge in [-0.3, -0.25) is 9.59 Å². The van der Waals surface area contributed by atoms with E-state index in [1.54, 1.807) is 39.0 Å². The molecule has 0 unspecified atom stereocenters. The minimum absolute atomic E-state index is 0.129. The van der Waals surface area contributed by atoms with Gasteiger partial charge in [-0.05, 0) is 39.0 Å². The predicted octanol–water partition coefficient (Wildman–Crippen LogP) is 1.80. The maximum absolute atomic E-state index is 11.6. The molecule has 0 bridgehead atoms. The molecule has 0 aliphatic heterocycles. The number of carbonyl (C=O) groups is 2. The minimum atomic E-state index is -0.529. The van der Waals surface area contributed by atoms with Crippen LogP contribution in [0.4, 0.5) is 5.69 Å². The Morgan fingerprint density at radius 2 is 1.95 bits per heavy atom. The highest BCUT2D eigenvalue weighted by Gasteiger charge is 2.17. The first-order valence-corrected chi connectivity index (χ1v) is 6.71. The van der Waals surface area contributed by atoms with Crippen LogP contribution in [0.2, 0.25) is 0 Å². The Hall–Kier alpha value is -1.69. The molecule has 0 radical (unpaired) electrons. The maximum atomic E-state index is 11.6. The fraction of sp³-hybridized carbons (Fsp3) is 0.385. The molecule has 6 heteroatoms. The second-order valence-electron chi connectivity index (χ2n) is 4.99. The number of nitrogen functional groups attached to an aromatic ring is 1. The molecule has 1 aromatic rings. The van der Waals surface area contributed by atoms with Gasteiger partial charge in [-0.15, -0.1) is 11.8 Å². The standard InChI is InChI=1S/C13H18N2O3S/c1-13(2,3)18-11(16)7-19-10-6-8(12(15)17)4-5-9(10)14/h4-6H,7,14H2,1-3H3,(H2,15,17). The Balaban J connectivity index is 2.70. The van der Waals surface area contributed by atoms with Crippen molar-refractivity contribution in [1.29, 1.82) is 0 Å². The van der Waals surface area contributed by atoms with Gasteiger partial charge in [-0.25, -0.2) is 0 Å². The molecule has 0 aromatic heterocycles. The third-order valence-electron chi connectivity index (χ3n) is 2.06. The van der Waals surface area contributed by atoms with Gasteiger partial charge in [-0.2, -0.15) is 0 Å². The van der Waals surface area contributed by atoms with Crippen molar-refractivity contribution in [2.24, 2.45) is 5.73 Å². The van der Waals surface area contributed by atoms with Crippen LogP contribution in [0.25, 0.3) is 0 Å². The Labute approximate surface area is 116 Å². The van der Waals surface area contributed by atoms with Gasteiger partial charge in [0, 0.05) is 16.1 Å². The number of primary amides is 1. The van der Waals surface area contributed by atoms with Gasteiger partial charge in [0.05, 0.1) is 5.75 Å². The van der Waals surface area contributed by atoms with Crippen LogP contribution < -0.4 is 11.5 Å². The van der Waals surface area contributed by atoms with E-state index in [2.05, 4.69) is 0 Å². The van der Waals surface area contributed by atoms with Gasteiger partial charge < -0.3 is 16.2 Å². The number of carbonyl (C=O) groups excluding carboxylic acids is 2. The summed E-state index contributed by atoms with van der Waals surface area (Å²) in [4.78, 5) is 23.3. The first-order valence-electron chi connectivity index (χ1n) is 5.73. The van der Waals surface area contributed by atoms with Crippen molar-refractivity contribution in [2.45, 2.75) is 31.3 Å². The van der Waals surface area contributed by atoms with Gasteiger partial charge in [0.15, 0.2) is 0 Å². The zero-order valence-electron chi connectivity index (χ0n) is 11.2. The van der Waals surface area contributed by atoms with Gasteiger partial charge in [0.2, 0.25) is 5.91 Å². The topological polar surface area (TPSA) is 95.4 Å². The van der Waals surface area contributed by atoms with Crippen molar-refractivity contribution in [1.82, 2.24) is 0 Å². The first kappa shape index (κ1) is 15.4. The van der Waals surface area contributed by atoms with Crippen molar-refractivity contribution in [3.8, 4) is 0 Å². The molecule has 0 fully saturated rings. The molecule has 19 heavy (non-hydrogen) atoms. The zero-order chi connectivity index (χ0) is 14.6. The molecule has 1 rings (SSSR count). The molecule has 5 nitrogen and oxygen atoms in total. The average Bonchev–Trinajstić information content (AvgIpc) is 2.25. The van der Waals surface area contributed by atoms with Gasteiger partial charge in [0.25, 0.3) is 0 Å². The summed E-state index contributed by atoms with van der Waals surface area (Å²) in [5, 5.41) is 0. The van der Waals surface area contributed by atoms with Crippen LogP contribution in [0.3, 0.4) is 0 Å². The number of benzene rings is 1. The number of rotatable bonds is 4. The third kappa shape index (κ3) is 5.21. The van der Waals surface area contributed by atoms with Crippen molar-refractivity contribution >= 4 is 29.3 Å². The van der Waals surface area contributed by atoms with Gasteiger partial charge in [-0.1, -0.05) is 0 Å². The highest BCUT2D eigenvalue weighted by molar-refractivity contribution is 8.00. The average molecular weight is 282 g/mol. The Morgan fingerprint density at radius 3 is 2.47 bits per heavy atom. The second-order valence-corrected chi connectivity index (χ2v) is 6.01. The minimum Gasteiger partial charge on any atom is -0.459 e. The lowest BCUT2D eigenvalue weighted by Crippen LogP contribution is -2.24. The molecule has 0 aliphatic carbocycles. The number of ether oxygens (including phenoxy) is 1. The van der Waals surface area contributed by atoms with E-state index < -0.39 is 11.5 Å². The highest BCUT2D eigenvalue weighted by atomic mass is 32.2. The normalized spacial score (nSPS) is 11.1. The number of amides is 1. The van der Waals surface area contributed by atoms with Crippen molar-refractivity contribution in [3.05, 3.63) is 23.8 Å². The van der Waals surface area contributed by atoms with Gasteiger partial charge >= 0.3 is 5.97 Å². The van der Waals surface area contributed by atoms with E-state index >= 15 is 0 Å². The molecule has 1 amide bonds. The lowest BCUT2D eigenvalue weighted by molar-refractivity contribution is -0.151. The Kier molecular flexibility index (Phi) is 4.83. The molecular formula is C13H18N2O3S. The number of nitrogens with two attached hydrogens (primary N) is 2. The van der Waals surface area contributed by atoms with E-state index in [1.807, 2.05) is 0 Å². The van der Waals surface area contributed by atoms with Crippen LogP contribution >= 0.6 is 11.8 Å². The fourth-order valence-electron chi connectivity index (χ4n) is 1.32. The summed E-state index contributed by atoms with van der Waals surface area (Å²) in [6.07, 6.45) is 0. The maximum Gasteiger partial charge on any atom is 0.316 e. The van der Waals surface area contributed by atoms with Crippen molar-refractivity contribution in [2.75, 3.05) is 11.5 Å². The molecule has 0 spiro atoms. The molecule has 0 aliphatic rings. The van der Waals surface area contributed by atoms with Crippen LogP contribution in [0.15, 0.2) is 23.1 Å². The number of esters is 1. The predicted molar refractivity (Wildman–Crippen MR) is 75.9 cm³/mol. The summed E-state index contributed by atoms with van der Waals surface area (Å²) in [5.74, 6) is -0.732. The van der Waals surface area contributed by atoms with Crippen LogP contribution in [-0.2, 0) is 9.53 Å². The van der Waals surface area contributed by atoms with Crippen molar-refractivity contribution < 1.29 is 14.3 Å². The lowest BCUT2D eigenvalue weighted by Gasteiger charge is -2.19. The molecule has 0 atom stereocenters. The summed E-state index contributed by atoms with van der Waals surface area (Å²) < 4.78 is 5.18. The summed E-state index contributed by atoms with van der Waals surface area (Å²) in [6, 6.07) is 4.72. The van der Waals surface area contributed by atoms with Crippen LogP contribution in [-0.4, -0.2) is 23.2 Å². The zero-order valence-corrected chi connectivity index (χ0v) is 12.0. The molecule has 4 N–H and O–H groups in total. The number of anilines is 1. The summed E-state index contributed by atoms with van der Waals surface area (Å²) >= 11 is 1.22. The Morgan fingerprint density at radius 1 is 1.32 bits per heavy atom. The third-order valence-corrected chi connectivity index (χ3v) is 3.11. The molecule has 0 heterocycles. The van der Waals surface area contributed by atoms with E-state index in [1.165, 1.54) is 11.8 Å². The van der Waals surface area contributed by atoms with E-state index in [-0.39, 0.29) is 11.7 Å². The van der Waals surface area contributed by atoms with E-state index in [0.717, 1.165) is 0 Å². The quantitative estimate of drug-likeness (QED) is 0.499. The molecular weight excluding hydrogens is 264 g/mol. The first-order chi connectivity index (χ1) is 8.69. The summed E-state index contributed by atoms with van der Waals surface area (Å²) in [6.45, 7) is 5.41. The lowest BCUT2D eigenvalue weighted by atomic mass is 10.2. The number of hydrogen-bond donors (Lipinski definition) is 2. The molecule has 0 saturated carbocycles. The van der Waals surface area contributed by atoms with Crippen LogP contribution in [0.5, 0.6) is 0 Å². The number of thioether (sulfide) groups is 1. The van der Waals surface area contributed by atoms with Crippen LogP contribution in [0.1, 0.15) is 31.1 Å². The smallest absolute Gasteiger partial charge is 0.316 e. The molecule has 104 valence electrons. The summed E-state index contributed by atoms with van der Waals surface area (Å²) in [5.41, 5.74) is 11.3.